The van der Waals surface area contributed by atoms with Crippen molar-refractivity contribution in [3.8, 4) is 0 Å². The number of benzene rings is 2. The second kappa shape index (κ2) is 8.42. The molecule has 2 aromatic carbocycles. The number of halogens is 1. The first-order valence-electron chi connectivity index (χ1n) is 8.29. The van der Waals surface area contributed by atoms with Gasteiger partial charge in [0.1, 0.15) is 10.7 Å². The van der Waals surface area contributed by atoms with Gasteiger partial charge in [0.25, 0.3) is 5.69 Å². The predicted octanol–water partition coefficient (Wildman–Crippen LogP) is 2.20. The number of nitro groups is 1. The van der Waals surface area contributed by atoms with Gasteiger partial charge in [0, 0.05) is 25.2 Å². The average molecular weight is 408 g/mol. The van der Waals surface area contributed by atoms with Crippen molar-refractivity contribution in [1.29, 1.82) is 0 Å². The van der Waals surface area contributed by atoms with Gasteiger partial charge in [-0.1, -0.05) is 12.1 Å². The number of rotatable bonds is 6. The molecule has 0 spiro atoms. The lowest BCUT2D eigenvalue weighted by Gasteiger charge is -2.26. The Morgan fingerprint density at radius 1 is 1.21 bits per heavy atom. The van der Waals surface area contributed by atoms with E-state index in [2.05, 4.69) is 10.5 Å². The lowest BCUT2D eigenvalue weighted by Crippen LogP contribution is -2.40. The van der Waals surface area contributed by atoms with Crippen LogP contribution in [0, 0.1) is 15.9 Å². The van der Waals surface area contributed by atoms with Gasteiger partial charge < -0.3 is 4.74 Å². The molecule has 0 atom stereocenters. The number of hydrogen-bond acceptors (Lipinski definition) is 7. The highest BCUT2D eigenvalue weighted by atomic mass is 32.2. The van der Waals surface area contributed by atoms with Crippen LogP contribution in [0.1, 0.15) is 5.56 Å². The summed E-state index contributed by atoms with van der Waals surface area (Å²) in [6.45, 7) is 0.789. The van der Waals surface area contributed by atoms with Crippen molar-refractivity contribution < 1.29 is 22.5 Å². The molecule has 0 aliphatic carbocycles. The molecular formula is C17H17FN4O5S. The molecule has 9 nitrogen and oxygen atoms in total. The summed E-state index contributed by atoms with van der Waals surface area (Å²) in [6, 6.07) is 9.12. The zero-order chi connectivity index (χ0) is 20.1. The molecule has 2 aromatic rings. The Balaban J connectivity index is 1.93. The molecule has 1 fully saturated rings. The fraction of sp³-hybridized carbons (Fsp3) is 0.235. The minimum absolute atomic E-state index is 0.0738. The van der Waals surface area contributed by atoms with E-state index in [1.54, 1.807) is 6.07 Å². The third-order valence-corrected chi connectivity index (χ3v) is 5.95. The maximum Gasteiger partial charge on any atom is 0.270 e. The van der Waals surface area contributed by atoms with Gasteiger partial charge in [-0.05, 0) is 23.8 Å². The number of nitro benzene ring substituents is 1. The number of nitrogens with zero attached hydrogens (tertiary/aromatic N) is 3. The Bertz CT molecular complexity index is 1010. The normalized spacial score (nSPS) is 15.6. The van der Waals surface area contributed by atoms with Crippen LogP contribution in [0.25, 0.3) is 0 Å². The van der Waals surface area contributed by atoms with Gasteiger partial charge in [-0.15, -0.1) is 0 Å². The van der Waals surface area contributed by atoms with Gasteiger partial charge in [-0.25, -0.2) is 12.8 Å². The van der Waals surface area contributed by atoms with E-state index in [1.165, 1.54) is 40.9 Å². The molecule has 3 rings (SSSR count). The molecule has 0 amide bonds. The first-order chi connectivity index (χ1) is 13.4. The van der Waals surface area contributed by atoms with Crippen LogP contribution in [0.5, 0.6) is 0 Å². The fourth-order valence-corrected chi connectivity index (χ4v) is 4.19. The smallest absolute Gasteiger partial charge is 0.270 e. The highest BCUT2D eigenvalue weighted by molar-refractivity contribution is 7.89. The van der Waals surface area contributed by atoms with Gasteiger partial charge in [0.05, 0.1) is 30.0 Å². The zero-order valence-electron chi connectivity index (χ0n) is 14.6. The third kappa shape index (κ3) is 4.50. The number of sulfonamides is 1. The van der Waals surface area contributed by atoms with Crippen molar-refractivity contribution in [2.45, 2.75) is 4.90 Å². The van der Waals surface area contributed by atoms with Crippen LogP contribution in [0.4, 0.5) is 15.8 Å². The molecule has 0 saturated carbocycles. The van der Waals surface area contributed by atoms with E-state index in [-0.39, 0.29) is 42.6 Å². The summed E-state index contributed by atoms with van der Waals surface area (Å²) in [6.07, 6.45) is 1.32. The molecule has 1 saturated heterocycles. The van der Waals surface area contributed by atoms with E-state index in [0.717, 1.165) is 6.07 Å². The van der Waals surface area contributed by atoms with E-state index in [9.17, 15) is 22.9 Å². The van der Waals surface area contributed by atoms with Crippen molar-refractivity contribution >= 4 is 27.6 Å². The largest absolute Gasteiger partial charge is 0.379 e. The minimum atomic E-state index is -4.00. The van der Waals surface area contributed by atoms with E-state index in [1.807, 2.05) is 0 Å². The highest BCUT2D eigenvalue weighted by Gasteiger charge is 2.30. The molecule has 0 unspecified atom stereocenters. The standard InChI is InChI=1S/C17H17FN4O5S/c18-14-3-1-2-13(10-14)12-19-20-16-5-4-15(22(23)24)11-17(16)28(25,26)21-6-8-27-9-7-21/h1-5,10-12,20H,6-9H2. The number of hydrogen-bond donors (Lipinski definition) is 1. The Labute approximate surface area is 160 Å². The van der Waals surface area contributed by atoms with E-state index in [0.29, 0.717) is 5.56 Å². The summed E-state index contributed by atoms with van der Waals surface area (Å²) in [4.78, 5) is 10.2. The van der Waals surface area contributed by atoms with Crippen LogP contribution in [-0.2, 0) is 14.8 Å². The maximum absolute atomic E-state index is 13.2. The fourth-order valence-electron chi connectivity index (χ4n) is 2.62. The van der Waals surface area contributed by atoms with Crippen LogP contribution in [0.3, 0.4) is 0 Å². The molecule has 1 N–H and O–H groups in total. The molecule has 11 heteroatoms. The number of anilines is 1. The van der Waals surface area contributed by atoms with Crippen LogP contribution >= 0.6 is 0 Å². The molecule has 1 aliphatic heterocycles. The second-order valence-corrected chi connectivity index (χ2v) is 7.79. The van der Waals surface area contributed by atoms with Crippen LogP contribution in [-0.4, -0.2) is 50.2 Å². The summed E-state index contributed by atoms with van der Waals surface area (Å²) in [5.41, 5.74) is 2.76. The van der Waals surface area contributed by atoms with E-state index in [4.69, 9.17) is 4.74 Å². The molecular weight excluding hydrogens is 391 g/mol. The molecule has 28 heavy (non-hydrogen) atoms. The minimum Gasteiger partial charge on any atom is -0.379 e. The molecule has 0 radical (unpaired) electrons. The quantitative estimate of drug-likeness (QED) is 0.445. The van der Waals surface area contributed by atoms with Crippen molar-refractivity contribution in [3.05, 3.63) is 64.0 Å². The zero-order valence-corrected chi connectivity index (χ0v) is 15.4. The number of nitrogens with one attached hydrogen (secondary N) is 1. The van der Waals surface area contributed by atoms with Crippen molar-refractivity contribution in [1.82, 2.24) is 4.31 Å². The summed E-state index contributed by atoms with van der Waals surface area (Å²) >= 11 is 0. The second-order valence-electron chi connectivity index (χ2n) is 5.88. The number of morpholine rings is 1. The van der Waals surface area contributed by atoms with Gasteiger partial charge in [-0.2, -0.15) is 9.41 Å². The highest BCUT2D eigenvalue weighted by Crippen LogP contribution is 2.29. The SMILES string of the molecule is O=[N+]([O-])c1ccc(NN=Cc2cccc(F)c2)c(S(=O)(=O)N2CCOCC2)c1. The number of non-ortho nitro benzene ring substituents is 1. The van der Waals surface area contributed by atoms with Crippen LogP contribution in [0.15, 0.2) is 52.5 Å². The predicted molar refractivity (Wildman–Crippen MR) is 100 cm³/mol. The summed E-state index contributed by atoms with van der Waals surface area (Å²) in [5.74, 6) is -0.435. The lowest BCUT2D eigenvalue weighted by molar-refractivity contribution is -0.385. The van der Waals surface area contributed by atoms with Crippen LogP contribution < -0.4 is 5.43 Å². The molecule has 1 aliphatic rings. The Morgan fingerprint density at radius 3 is 2.64 bits per heavy atom. The van der Waals surface area contributed by atoms with Crippen molar-refractivity contribution in [2.75, 3.05) is 31.7 Å². The van der Waals surface area contributed by atoms with E-state index >= 15 is 0 Å². The Kier molecular flexibility index (Phi) is 5.97. The van der Waals surface area contributed by atoms with Crippen molar-refractivity contribution in [3.63, 3.8) is 0 Å². The molecule has 0 bridgehead atoms. The number of ether oxygens (including phenoxy) is 1. The Hall–Kier alpha value is -2.89. The molecule has 0 aromatic heterocycles. The Morgan fingerprint density at radius 2 is 1.96 bits per heavy atom. The molecule has 148 valence electrons. The summed E-state index contributed by atoms with van der Waals surface area (Å²) in [7, 11) is -4.00. The topological polar surface area (TPSA) is 114 Å². The van der Waals surface area contributed by atoms with Gasteiger partial charge in [0.15, 0.2) is 0 Å². The lowest BCUT2D eigenvalue weighted by atomic mass is 10.2. The van der Waals surface area contributed by atoms with E-state index < -0.39 is 20.8 Å². The summed E-state index contributed by atoms with van der Waals surface area (Å²) in [5, 5.41) is 15.0. The maximum atomic E-state index is 13.2. The van der Waals surface area contributed by atoms with Crippen LogP contribution in [0.2, 0.25) is 0 Å². The number of hydrazone groups is 1. The van der Waals surface area contributed by atoms with Gasteiger partial charge in [0.2, 0.25) is 10.0 Å². The van der Waals surface area contributed by atoms with Gasteiger partial charge in [-0.3, -0.25) is 15.5 Å². The average Bonchev–Trinajstić information content (AvgIpc) is 2.68. The first kappa shape index (κ1) is 19.9. The summed E-state index contributed by atoms with van der Waals surface area (Å²) < 4.78 is 45.5. The first-order valence-corrected chi connectivity index (χ1v) is 9.73. The molecule has 1 heterocycles. The third-order valence-electron chi connectivity index (χ3n) is 4.01. The van der Waals surface area contributed by atoms with Crippen molar-refractivity contribution in [2.24, 2.45) is 5.10 Å². The monoisotopic (exact) mass is 408 g/mol. The van der Waals surface area contributed by atoms with Gasteiger partial charge >= 0.3 is 0 Å².